The van der Waals surface area contributed by atoms with Crippen LogP contribution in [-0.4, -0.2) is 11.8 Å². The number of Topliss-reactive ketones (excluding diaryl/α,β-unsaturated/α-hetero) is 1. The van der Waals surface area contributed by atoms with Gasteiger partial charge < -0.3 is 9.15 Å². The summed E-state index contributed by atoms with van der Waals surface area (Å²) >= 11 is 0. The predicted molar refractivity (Wildman–Crippen MR) is 127 cm³/mol. The number of hydrogen-bond acceptors (Lipinski definition) is 4. The Morgan fingerprint density at radius 2 is 1.58 bits per heavy atom. The van der Waals surface area contributed by atoms with Crippen LogP contribution in [0.4, 0.5) is 0 Å². The first-order chi connectivity index (χ1) is 14.7. The van der Waals surface area contributed by atoms with Crippen LogP contribution in [0, 0.1) is 5.92 Å². The highest BCUT2D eigenvalue weighted by Crippen LogP contribution is 2.24. The molecule has 1 atom stereocenters. The number of ketones is 1. The van der Waals surface area contributed by atoms with Crippen molar-refractivity contribution in [3.8, 4) is 0 Å². The highest BCUT2D eigenvalue weighted by Gasteiger charge is 2.14. The molecule has 1 aromatic heterocycles. The SMILES string of the molecule is CC(=O)OC(C/C=C(\C)CC/C=C(\C)CC/C=C(\C)CC(=O)CC(C)C)c1ccoc1. The lowest BCUT2D eigenvalue weighted by atomic mass is 10.0. The Bertz CT molecular complexity index is 763. The summed E-state index contributed by atoms with van der Waals surface area (Å²) in [5, 5.41) is 0. The van der Waals surface area contributed by atoms with Crippen LogP contribution in [0.15, 0.2) is 58.0 Å². The van der Waals surface area contributed by atoms with E-state index in [-0.39, 0.29) is 12.1 Å². The van der Waals surface area contributed by atoms with Crippen LogP contribution >= 0.6 is 0 Å². The standard InChI is InChI=1S/C27H40O4/c1-20(2)17-26(29)18-23(5)12-8-10-21(3)9-7-11-22(4)13-14-27(31-24(6)28)25-15-16-30-19-25/h9,12-13,15-16,19-20,27H,7-8,10-11,14,17-18H2,1-6H3/b21-9+,22-13+,23-12+. The summed E-state index contributed by atoms with van der Waals surface area (Å²) in [5.74, 6) is 0.479. The van der Waals surface area contributed by atoms with Crippen LogP contribution in [0.25, 0.3) is 0 Å². The Labute approximate surface area is 188 Å². The lowest BCUT2D eigenvalue weighted by Crippen LogP contribution is -2.07. The second-order valence-electron chi connectivity index (χ2n) is 8.93. The molecule has 0 aliphatic carbocycles. The minimum Gasteiger partial charge on any atom is -0.472 e. The number of furan rings is 1. The van der Waals surface area contributed by atoms with Crippen molar-refractivity contribution in [3.05, 3.63) is 59.1 Å². The molecule has 0 saturated carbocycles. The zero-order chi connectivity index (χ0) is 23.2. The summed E-state index contributed by atoms with van der Waals surface area (Å²) in [7, 11) is 0. The molecule has 1 rings (SSSR count). The van der Waals surface area contributed by atoms with E-state index >= 15 is 0 Å². The van der Waals surface area contributed by atoms with E-state index in [0.29, 0.717) is 31.0 Å². The van der Waals surface area contributed by atoms with Crippen LogP contribution in [0.2, 0.25) is 0 Å². The maximum Gasteiger partial charge on any atom is 0.303 e. The molecule has 1 aromatic rings. The second kappa shape index (κ2) is 14.6. The lowest BCUT2D eigenvalue weighted by Gasteiger charge is -2.14. The zero-order valence-corrected chi connectivity index (χ0v) is 20.2. The molecule has 0 radical (unpaired) electrons. The first-order valence-electron chi connectivity index (χ1n) is 11.3. The molecule has 1 heterocycles. The van der Waals surface area contributed by atoms with Gasteiger partial charge in [0.25, 0.3) is 0 Å². The summed E-state index contributed by atoms with van der Waals surface area (Å²) < 4.78 is 10.5. The molecule has 0 aliphatic heterocycles. The average Bonchev–Trinajstić information content (AvgIpc) is 3.18. The van der Waals surface area contributed by atoms with Crippen molar-refractivity contribution in [1.29, 1.82) is 0 Å². The van der Waals surface area contributed by atoms with Gasteiger partial charge in [-0.15, -0.1) is 0 Å². The fourth-order valence-corrected chi connectivity index (χ4v) is 3.43. The summed E-state index contributed by atoms with van der Waals surface area (Å²) in [6, 6.07) is 1.83. The van der Waals surface area contributed by atoms with Crippen LogP contribution in [0.5, 0.6) is 0 Å². The number of allylic oxidation sites excluding steroid dienone is 5. The Hall–Kier alpha value is -2.36. The molecule has 172 valence electrons. The quantitative estimate of drug-likeness (QED) is 0.225. The first kappa shape index (κ1) is 26.7. The molecule has 31 heavy (non-hydrogen) atoms. The third kappa shape index (κ3) is 12.8. The van der Waals surface area contributed by atoms with E-state index in [9.17, 15) is 9.59 Å². The van der Waals surface area contributed by atoms with Gasteiger partial charge in [0.05, 0.1) is 12.5 Å². The van der Waals surface area contributed by atoms with Crippen LogP contribution in [-0.2, 0) is 14.3 Å². The number of ether oxygens (including phenoxy) is 1. The van der Waals surface area contributed by atoms with Gasteiger partial charge in [0.1, 0.15) is 11.9 Å². The number of carbonyl (C=O) groups excluding carboxylic acids is 2. The van der Waals surface area contributed by atoms with E-state index in [0.717, 1.165) is 31.2 Å². The Morgan fingerprint density at radius 3 is 2.13 bits per heavy atom. The van der Waals surface area contributed by atoms with E-state index in [1.54, 1.807) is 12.5 Å². The van der Waals surface area contributed by atoms with Crippen molar-refractivity contribution in [3.63, 3.8) is 0 Å². The first-order valence-corrected chi connectivity index (χ1v) is 11.3. The molecule has 0 saturated heterocycles. The zero-order valence-electron chi connectivity index (χ0n) is 20.2. The fourth-order valence-electron chi connectivity index (χ4n) is 3.43. The molecular weight excluding hydrogens is 388 g/mol. The second-order valence-corrected chi connectivity index (χ2v) is 8.93. The van der Waals surface area contributed by atoms with Crippen molar-refractivity contribution < 1.29 is 18.7 Å². The van der Waals surface area contributed by atoms with Crippen molar-refractivity contribution >= 4 is 11.8 Å². The van der Waals surface area contributed by atoms with Crippen LogP contribution in [0.3, 0.4) is 0 Å². The van der Waals surface area contributed by atoms with E-state index in [1.807, 2.05) is 6.07 Å². The number of esters is 1. The highest BCUT2D eigenvalue weighted by molar-refractivity contribution is 5.80. The van der Waals surface area contributed by atoms with Crippen molar-refractivity contribution in [2.45, 2.75) is 92.6 Å². The molecule has 0 bridgehead atoms. The van der Waals surface area contributed by atoms with Crippen LogP contribution in [0.1, 0.15) is 98.2 Å². The maximum absolute atomic E-state index is 11.9. The minimum absolute atomic E-state index is 0.288. The topological polar surface area (TPSA) is 56.5 Å². The van der Waals surface area contributed by atoms with Gasteiger partial charge in [-0.05, 0) is 58.4 Å². The van der Waals surface area contributed by atoms with Crippen molar-refractivity contribution in [2.24, 2.45) is 5.92 Å². The molecule has 4 nitrogen and oxygen atoms in total. The monoisotopic (exact) mass is 428 g/mol. The minimum atomic E-state index is -0.300. The number of hydrogen-bond donors (Lipinski definition) is 0. The van der Waals surface area contributed by atoms with Crippen LogP contribution < -0.4 is 0 Å². The van der Waals surface area contributed by atoms with Gasteiger partial charge in [-0.3, -0.25) is 9.59 Å². The van der Waals surface area contributed by atoms with Gasteiger partial charge >= 0.3 is 5.97 Å². The molecule has 0 amide bonds. The Balaban J connectivity index is 2.40. The molecule has 0 spiro atoms. The predicted octanol–water partition coefficient (Wildman–Crippen LogP) is 7.68. The summed E-state index contributed by atoms with van der Waals surface area (Å²) in [6.07, 6.45) is 15.4. The molecule has 0 fully saturated rings. The third-order valence-electron chi connectivity index (χ3n) is 5.08. The lowest BCUT2D eigenvalue weighted by molar-refractivity contribution is -0.146. The van der Waals surface area contributed by atoms with Crippen molar-refractivity contribution in [1.82, 2.24) is 0 Å². The smallest absolute Gasteiger partial charge is 0.303 e. The Kier molecular flexibility index (Phi) is 12.6. The molecule has 0 aliphatic rings. The van der Waals surface area contributed by atoms with Gasteiger partial charge in [-0.1, -0.05) is 48.8 Å². The van der Waals surface area contributed by atoms with Gasteiger partial charge in [-0.2, -0.15) is 0 Å². The fraction of sp³-hybridized carbons (Fsp3) is 0.556. The molecule has 4 heteroatoms. The molecule has 0 N–H and O–H groups in total. The average molecular weight is 429 g/mol. The Morgan fingerprint density at radius 1 is 0.968 bits per heavy atom. The molecular formula is C27H40O4. The van der Waals surface area contributed by atoms with E-state index < -0.39 is 0 Å². The number of carbonyl (C=O) groups is 2. The summed E-state index contributed by atoms with van der Waals surface area (Å²) in [6.45, 7) is 11.9. The van der Waals surface area contributed by atoms with E-state index in [1.165, 1.54) is 23.6 Å². The summed E-state index contributed by atoms with van der Waals surface area (Å²) in [5.41, 5.74) is 4.71. The van der Waals surface area contributed by atoms with E-state index in [4.69, 9.17) is 9.15 Å². The van der Waals surface area contributed by atoms with E-state index in [2.05, 4.69) is 52.8 Å². The third-order valence-corrected chi connectivity index (χ3v) is 5.08. The van der Waals surface area contributed by atoms with Gasteiger partial charge in [-0.25, -0.2) is 0 Å². The summed E-state index contributed by atoms with van der Waals surface area (Å²) in [4.78, 5) is 23.3. The van der Waals surface area contributed by atoms with Gasteiger partial charge in [0, 0.05) is 31.7 Å². The van der Waals surface area contributed by atoms with Gasteiger partial charge in [0.15, 0.2) is 0 Å². The normalized spacial score (nSPS) is 14.1. The molecule has 0 aromatic carbocycles. The highest BCUT2D eigenvalue weighted by atomic mass is 16.5. The van der Waals surface area contributed by atoms with Crippen molar-refractivity contribution in [2.75, 3.05) is 0 Å². The molecule has 1 unspecified atom stereocenters. The largest absolute Gasteiger partial charge is 0.472 e. The maximum atomic E-state index is 11.9. The number of rotatable bonds is 14. The van der Waals surface area contributed by atoms with Gasteiger partial charge in [0.2, 0.25) is 0 Å².